The molecule has 1 nitrogen and oxygen atoms in total. The van der Waals surface area contributed by atoms with Gasteiger partial charge in [-0.15, -0.1) is 11.3 Å². The minimum Gasteiger partial charge on any atom is -0.381 e. The average molecular weight is 206 g/mol. The summed E-state index contributed by atoms with van der Waals surface area (Å²) in [4.78, 5) is 0.918. The molecule has 1 N–H and O–H groups in total. The zero-order valence-corrected chi connectivity index (χ0v) is 7.29. The quantitative estimate of drug-likeness (QED) is 0.748. The van der Waals surface area contributed by atoms with Crippen molar-refractivity contribution in [1.82, 2.24) is 0 Å². The van der Waals surface area contributed by atoms with Gasteiger partial charge in [-0.1, -0.05) is 0 Å². The second-order valence-electron chi connectivity index (χ2n) is 1.71. The molecular weight excluding hydrogens is 200 g/mol. The van der Waals surface area contributed by atoms with Gasteiger partial charge in [0, 0.05) is 14.7 Å². The van der Waals surface area contributed by atoms with E-state index in [-0.39, 0.29) is 0 Å². The van der Waals surface area contributed by atoms with Gasteiger partial charge in [0.05, 0.1) is 0 Å². The molecule has 0 amide bonds. The Labute approximate surface area is 66.5 Å². The lowest BCUT2D eigenvalue weighted by molar-refractivity contribution is 0.344. The zero-order valence-electron chi connectivity index (χ0n) is 4.89. The van der Waals surface area contributed by atoms with Crippen LogP contribution in [0.4, 0.5) is 0 Å². The third-order valence-electron chi connectivity index (χ3n) is 0.924. The predicted octanol–water partition coefficient (Wildman–Crippen LogP) is 2.78. The average Bonchev–Trinajstić information content (AvgIpc) is 2.14. The molecule has 0 aromatic carbocycles. The molecule has 49 valence electrons. The van der Waals surface area contributed by atoms with Crippen LogP contribution in [0.15, 0.2) is 15.9 Å². The van der Waals surface area contributed by atoms with Crippen molar-refractivity contribution >= 4 is 27.3 Å². The summed E-state index contributed by atoms with van der Waals surface area (Å²) in [6.07, 6.45) is 0.380. The molecule has 0 aliphatic carbocycles. The number of aliphatic hydroxyl groups is 1. The van der Waals surface area contributed by atoms with Crippen LogP contribution in [-0.4, -0.2) is 5.11 Å². The molecule has 0 fully saturated rings. The molecule has 0 saturated heterocycles. The molecule has 1 aromatic rings. The summed E-state index contributed by atoms with van der Waals surface area (Å²) in [5, 5.41) is 10.9. The largest absolute Gasteiger partial charge is 0.381 e. The predicted molar refractivity (Wildman–Crippen MR) is 42.0 cm³/mol. The number of hydrogen-bond donors (Lipinski definition) is 1. The third kappa shape index (κ3) is 1.78. The first-order valence-electron chi connectivity index (χ1n) is 2.47. The second-order valence-corrected chi connectivity index (χ2v) is 3.54. The van der Waals surface area contributed by atoms with Crippen LogP contribution in [-0.2, 0) is 0 Å². The minimum absolute atomic E-state index is 0.380. The first-order chi connectivity index (χ1) is 4.20. The smallest absolute Gasteiger partial charge is 0.129 e. The number of halogens is 1. The van der Waals surface area contributed by atoms with Crippen LogP contribution in [0.2, 0.25) is 0 Å². The normalized spacial score (nSPS) is 10.7. The SMILES string of the molecule is C[C](O)c1cc(Br)cs1. The van der Waals surface area contributed by atoms with Gasteiger partial charge in [-0.3, -0.25) is 0 Å². The van der Waals surface area contributed by atoms with Gasteiger partial charge in [0.2, 0.25) is 0 Å². The van der Waals surface area contributed by atoms with E-state index in [4.69, 9.17) is 5.11 Å². The lowest BCUT2D eigenvalue weighted by Crippen LogP contribution is -1.84. The Kier molecular flexibility index (Phi) is 2.27. The Bertz CT molecular complexity index is 195. The van der Waals surface area contributed by atoms with Gasteiger partial charge >= 0.3 is 0 Å². The van der Waals surface area contributed by atoms with E-state index >= 15 is 0 Å². The highest BCUT2D eigenvalue weighted by Crippen LogP contribution is 2.24. The fourth-order valence-electron chi connectivity index (χ4n) is 0.503. The maximum atomic E-state index is 8.94. The third-order valence-corrected chi connectivity index (χ3v) is 2.72. The molecule has 0 spiro atoms. The summed E-state index contributed by atoms with van der Waals surface area (Å²) in [6, 6.07) is 1.89. The minimum atomic E-state index is 0.380. The molecule has 9 heavy (non-hydrogen) atoms. The van der Waals surface area contributed by atoms with Gasteiger partial charge in [0.25, 0.3) is 0 Å². The van der Waals surface area contributed by atoms with E-state index in [0.29, 0.717) is 6.10 Å². The topological polar surface area (TPSA) is 20.2 Å². The van der Waals surface area contributed by atoms with E-state index in [1.807, 2.05) is 11.4 Å². The molecule has 0 bridgehead atoms. The van der Waals surface area contributed by atoms with E-state index in [2.05, 4.69) is 15.9 Å². The summed E-state index contributed by atoms with van der Waals surface area (Å²) < 4.78 is 1.02. The lowest BCUT2D eigenvalue weighted by Gasteiger charge is -1.93. The highest BCUT2D eigenvalue weighted by molar-refractivity contribution is 9.10. The lowest BCUT2D eigenvalue weighted by atomic mass is 10.3. The first-order valence-corrected chi connectivity index (χ1v) is 4.14. The van der Waals surface area contributed by atoms with Crippen molar-refractivity contribution in [3.05, 3.63) is 26.9 Å². The van der Waals surface area contributed by atoms with Crippen molar-refractivity contribution < 1.29 is 5.11 Å². The molecule has 0 saturated carbocycles. The standard InChI is InChI=1S/C6H6BrOS/c1-4(8)6-2-5(7)3-9-6/h2-3,8H,1H3. The van der Waals surface area contributed by atoms with E-state index in [9.17, 15) is 0 Å². The molecule has 0 unspecified atom stereocenters. The molecule has 0 aliphatic heterocycles. The monoisotopic (exact) mass is 205 g/mol. The summed E-state index contributed by atoms with van der Waals surface area (Å²) >= 11 is 4.81. The van der Waals surface area contributed by atoms with Crippen molar-refractivity contribution in [3.63, 3.8) is 0 Å². The highest BCUT2D eigenvalue weighted by atomic mass is 79.9. The van der Waals surface area contributed by atoms with Crippen LogP contribution in [0.25, 0.3) is 0 Å². The highest BCUT2D eigenvalue weighted by Gasteiger charge is 2.03. The summed E-state index contributed by atoms with van der Waals surface area (Å²) in [7, 11) is 0. The molecule has 1 aromatic heterocycles. The zero-order chi connectivity index (χ0) is 6.85. The molecule has 0 atom stereocenters. The van der Waals surface area contributed by atoms with E-state index in [0.717, 1.165) is 9.35 Å². The Balaban J connectivity index is 2.85. The number of thiophene rings is 1. The fraction of sp³-hybridized carbons (Fsp3) is 0.167. The van der Waals surface area contributed by atoms with Crippen LogP contribution in [0.1, 0.15) is 11.8 Å². The van der Waals surface area contributed by atoms with Crippen LogP contribution in [0.3, 0.4) is 0 Å². The second kappa shape index (κ2) is 2.82. The van der Waals surface area contributed by atoms with Gasteiger partial charge < -0.3 is 5.11 Å². The number of rotatable bonds is 1. The van der Waals surface area contributed by atoms with Crippen molar-refractivity contribution in [2.45, 2.75) is 6.92 Å². The maximum absolute atomic E-state index is 8.94. The molecular formula is C6H6BrOS. The molecule has 3 heteroatoms. The Morgan fingerprint density at radius 2 is 2.44 bits per heavy atom. The maximum Gasteiger partial charge on any atom is 0.129 e. The van der Waals surface area contributed by atoms with Crippen molar-refractivity contribution in [2.75, 3.05) is 0 Å². The van der Waals surface area contributed by atoms with Crippen molar-refractivity contribution in [2.24, 2.45) is 0 Å². The van der Waals surface area contributed by atoms with E-state index < -0.39 is 0 Å². The fourth-order valence-corrected chi connectivity index (χ4v) is 1.84. The first kappa shape index (κ1) is 7.25. The summed E-state index contributed by atoms with van der Waals surface area (Å²) in [5.74, 6) is 0. The molecule has 1 radical (unpaired) electrons. The number of hydrogen-bond acceptors (Lipinski definition) is 2. The van der Waals surface area contributed by atoms with Gasteiger partial charge in [-0.25, -0.2) is 0 Å². The van der Waals surface area contributed by atoms with Crippen LogP contribution in [0, 0.1) is 6.10 Å². The van der Waals surface area contributed by atoms with Gasteiger partial charge in [0.1, 0.15) is 6.10 Å². The van der Waals surface area contributed by atoms with Crippen LogP contribution in [0.5, 0.6) is 0 Å². The molecule has 1 rings (SSSR count). The van der Waals surface area contributed by atoms with Crippen LogP contribution < -0.4 is 0 Å². The van der Waals surface area contributed by atoms with Gasteiger partial charge in [0.15, 0.2) is 0 Å². The summed E-state index contributed by atoms with van der Waals surface area (Å²) in [6.45, 7) is 1.68. The van der Waals surface area contributed by atoms with Crippen LogP contribution >= 0.6 is 27.3 Å². The van der Waals surface area contributed by atoms with Gasteiger partial charge in [-0.2, -0.15) is 0 Å². The molecule has 1 heterocycles. The van der Waals surface area contributed by atoms with Gasteiger partial charge in [-0.05, 0) is 28.9 Å². The summed E-state index contributed by atoms with van der Waals surface area (Å²) in [5.41, 5.74) is 0. The Morgan fingerprint density at radius 1 is 1.78 bits per heavy atom. The Hall–Kier alpha value is 0.140. The Morgan fingerprint density at radius 3 is 2.67 bits per heavy atom. The molecule has 0 aliphatic rings. The van der Waals surface area contributed by atoms with Crippen molar-refractivity contribution in [1.29, 1.82) is 0 Å². The van der Waals surface area contributed by atoms with E-state index in [1.54, 1.807) is 6.92 Å². The number of aliphatic hydroxyl groups excluding tert-OH is 1. The van der Waals surface area contributed by atoms with Crippen molar-refractivity contribution in [3.8, 4) is 0 Å². The van der Waals surface area contributed by atoms with E-state index in [1.165, 1.54) is 11.3 Å².